The van der Waals surface area contributed by atoms with Crippen LogP contribution in [0.4, 0.5) is 0 Å². The standard InChI is InChI=1S/C21H23.C20H21.C2H6Si.2ClH.Zr/c1-14-12-19-15(2)6-11-18(20(19)13-14)16-7-9-17(10-8-16)21(3,4)5;1-13(2)17-11-16-8-6-10-19(20(16)12-17)18-9-5-7-14(3)15(18)4;1-3-2;;;/h6-13H,1-5H3;5-13H,1-4H3;1-2H3;2*1H;/q2*-1;;;;+2/p-2. The zero-order chi connectivity index (χ0) is 33.1. The van der Waals surface area contributed by atoms with Gasteiger partial charge in [0.25, 0.3) is 0 Å². The van der Waals surface area contributed by atoms with Crippen LogP contribution in [0, 0.1) is 27.7 Å². The molecule has 0 atom stereocenters. The van der Waals surface area contributed by atoms with E-state index in [0.29, 0.717) is 5.92 Å². The summed E-state index contributed by atoms with van der Waals surface area (Å²) in [6.45, 7) is 24.7. The average Bonchev–Trinajstić information content (AvgIpc) is 3.59. The molecule has 0 aliphatic heterocycles. The molecule has 246 valence electrons. The van der Waals surface area contributed by atoms with E-state index in [1.165, 1.54) is 77.2 Å². The molecule has 0 nitrogen and oxygen atoms in total. The van der Waals surface area contributed by atoms with Crippen molar-refractivity contribution in [2.45, 2.75) is 86.7 Å². The van der Waals surface area contributed by atoms with Gasteiger partial charge in [-0.25, -0.2) is 0 Å². The summed E-state index contributed by atoms with van der Waals surface area (Å²) in [6, 6.07) is 36.0. The van der Waals surface area contributed by atoms with Gasteiger partial charge in [0, 0.05) is 0 Å². The van der Waals surface area contributed by atoms with Crippen molar-refractivity contribution in [2.24, 2.45) is 0 Å². The molecule has 47 heavy (non-hydrogen) atoms. The third-order valence-corrected chi connectivity index (χ3v) is 8.65. The number of benzene rings is 4. The normalized spacial score (nSPS) is 10.9. The molecule has 6 aromatic rings. The molecule has 0 radical (unpaired) electrons. The van der Waals surface area contributed by atoms with E-state index in [1.807, 2.05) is 0 Å². The maximum atomic E-state index is 2.36. The van der Waals surface area contributed by atoms with Crippen LogP contribution in [0.1, 0.15) is 73.9 Å². The van der Waals surface area contributed by atoms with Gasteiger partial charge in [-0.2, -0.15) is 12.1 Å². The first kappa shape index (κ1) is 41.0. The van der Waals surface area contributed by atoms with Crippen LogP contribution in [-0.2, 0) is 28.8 Å². The van der Waals surface area contributed by atoms with Gasteiger partial charge in [-0.15, -0.1) is 68.6 Å². The van der Waals surface area contributed by atoms with Crippen molar-refractivity contribution < 1.29 is 48.1 Å². The van der Waals surface area contributed by atoms with Gasteiger partial charge in [0.2, 0.25) is 0 Å². The Labute approximate surface area is 312 Å². The van der Waals surface area contributed by atoms with Crippen LogP contribution in [-0.4, -0.2) is 5.43 Å². The number of hydrogen-bond acceptors (Lipinski definition) is 0. The molecule has 0 heterocycles. The van der Waals surface area contributed by atoms with Crippen molar-refractivity contribution in [1.29, 1.82) is 0 Å². The molecule has 0 bridgehead atoms. The summed E-state index contributed by atoms with van der Waals surface area (Å²) in [5.74, 6) is 0.578. The van der Waals surface area contributed by atoms with Crippen molar-refractivity contribution in [2.75, 3.05) is 0 Å². The van der Waals surface area contributed by atoms with E-state index in [2.05, 4.69) is 172 Å². The molecule has 4 heteroatoms. The molecular formula is C43H50Cl2SiZr-2. The van der Waals surface area contributed by atoms with Gasteiger partial charge in [-0.3, -0.25) is 0 Å². The third kappa shape index (κ3) is 10.1. The summed E-state index contributed by atoms with van der Waals surface area (Å²) in [5.41, 5.74) is 14.0. The van der Waals surface area contributed by atoms with Gasteiger partial charge < -0.3 is 24.8 Å². The number of rotatable bonds is 3. The van der Waals surface area contributed by atoms with Crippen molar-refractivity contribution in [3.8, 4) is 22.3 Å². The van der Waals surface area contributed by atoms with E-state index in [4.69, 9.17) is 0 Å². The molecule has 0 amide bonds. The van der Waals surface area contributed by atoms with Gasteiger partial charge in [-0.1, -0.05) is 114 Å². The topological polar surface area (TPSA) is 0 Å². The monoisotopic (exact) mass is 754 g/mol. The molecule has 0 unspecified atom stereocenters. The number of fused-ring (bicyclic) bond motifs is 2. The van der Waals surface area contributed by atoms with Gasteiger partial charge in [0.15, 0.2) is 0 Å². The Morgan fingerprint density at radius 1 is 0.660 bits per heavy atom. The SMILES string of the molecule is C[Si](C)=[Zr+2].Cc1cc2c(-c3ccc(C(C)(C)C)cc3)ccc(C)c2[cH-]1.Cc1cccc(-c2cccc3[cH-]c(C(C)C)cc23)c1C.[Cl-].[Cl-]. The first-order valence-corrected chi connectivity index (χ1v) is 22.4. The van der Waals surface area contributed by atoms with Crippen LogP contribution in [0.5, 0.6) is 0 Å². The quantitative estimate of drug-likeness (QED) is 0.136. The zero-order valence-electron chi connectivity index (χ0n) is 30.1. The summed E-state index contributed by atoms with van der Waals surface area (Å²) in [4.78, 5) is 0. The second-order valence-electron chi connectivity index (χ2n) is 14.1. The first-order chi connectivity index (χ1) is 21.2. The van der Waals surface area contributed by atoms with E-state index in [1.54, 1.807) is 23.3 Å². The Morgan fingerprint density at radius 2 is 1.26 bits per heavy atom. The summed E-state index contributed by atoms with van der Waals surface area (Å²) in [5, 5.41) is 5.48. The number of halogens is 2. The van der Waals surface area contributed by atoms with Gasteiger partial charge >= 0.3 is 41.9 Å². The van der Waals surface area contributed by atoms with Crippen molar-refractivity contribution in [3.05, 3.63) is 130 Å². The molecule has 0 spiro atoms. The molecule has 0 N–H and O–H groups in total. The minimum atomic E-state index is 0. The summed E-state index contributed by atoms with van der Waals surface area (Å²) >= 11 is 1.74. The Kier molecular flexibility index (Phi) is 15.2. The first-order valence-electron chi connectivity index (χ1n) is 16.2. The second kappa shape index (κ2) is 17.4. The van der Waals surface area contributed by atoms with Crippen LogP contribution in [0.2, 0.25) is 13.1 Å². The minimum absolute atomic E-state index is 0. The predicted molar refractivity (Wildman–Crippen MR) is 199 cm³/mol. The Morgan fingerprint density at radius 3 is 1.85 bits per heavy atom. The predicted octanol–water partition coefficient (Wildman–Crippen LogP) is 6.90. The third-order valence-electron chi connectivity index (χ3n) is 8.65. The van der Waals surface area contributed by atoms with Crippen LogP contribution in [0.3, 0.4) is 0 Å². The fraction of sp³-hybridized carbons (Fsp3) is 0.302. The molecule has 0 aliphatic rings. The largest absolute Gasteiger partial charge is 1.00 e. The van der Waals surface area contributed by atoms with Crippen molar-refractivity contribution >= 4 is 27.0 Å². The molecular weight excluding hydrogens is 707 g/mol. The van der Waals surface area contributed by atoms with Gasteiger partial charge in [0.1, 0.15) is 0 Å². The zero-order valence-corrected chi connectivity index (χ0v) is 35.0. The molecule has 0 saturated heterocycles. The van der Waals surface area contributed by atoms with E-state index in [-0.39, 0.29) is 35.7 Å². The fourth-order valence-electron chi connectivity index (χ4n) is 5.86. The Balaban J connectivity index is 0.000000283. The van der Waals surface area contributed by atoms with Crippen molar-refractivity contribution in [1.82, 2.24) is 0 Å². The van der Waals surface area contributed by atoms with Crippen molar-refractivity contribution in [3.63, 3.8) is 0 Å². The van der Waals surface area contributed by atoms with E-state index in [9.17, 15) is 0 Å². The molecule has 0 fully saturated rings. The van der Waals surface area contributed by atoms with E-state index >= 15 is 0 Å². The number of aryl methyl sites for hydroxylation is 3. The second-order valence-corrected chi connectivity index (χ2v) is 23.5. The molecule has 0 saturated carbocycles. The average molecular weight is 757 g/mol. The van der Waals surface area contributed by atoms with Crippen LogP contribution < -0.4 is 24.8 Å². The molecule has 0 aromatic heterocycles. The molecule has 0 aliphatic carbocycles. The Bertz CT molecular complexity index is 1930. The van der Waals surface area contributed by atoms with E-state index < -0.39 is 0 Å². The maximum absolute atomic E-state index is 2.36. The summed E-state index contributed by atoms with van der Waals surface area (Å²) < 4.78 is 0. The van der Waals surface area contributed by atoms with Crippen LogP contribution in [0.25, 0.3) is 43.8 Å². The molecule has 6 rings (SSSR count). The Hall–Kier alpha value is -2.22. The fourth-order valence-corrected chi connectivity index (χ4v) is 5.86. The maximum Gasteiger partial charge on any atom is -0.0132 e. The van der Waals surface area contributed by atoms with Crippen LogP contribution >= 0.6 is 0 Å². The summed E-state index contributed by atoms with van der Waals surface area (Å²) in [6.07, 6.45) is 0. The van der Waals surface area contributed by atoms with Gasteiger partial charge in [-0.05, 0) is 53.0 Å². The number of hydrogen-bond donors (Lipinski definition) is 0. The minimum Gasteiger partial charge on any atom is -1.00 e. The summed E-state index contributed by atoms with van der Waals surface area (Å²) in [7, 11) is 0. The smallest absolute Gasteiger partial charge is 0.0132 e. The molecule has 6 aromatic carbocycles. The van der Waals surface area contributed by atoms with Gasteiger partial charge in [0.05, 0.1) is 0 Å². The van der Waals surface area contributed by atoms with Crippen LogP contribution in [0.15, 0.2) is 97.1 Å². The van der Waals surface area contributed by atoms with E-state index in [0.717, 1.165) is 0 Å².